The van der Waals surface area contributed by atoms with Gasteiger partial charge in [0, 0.05) is 26.2 Å². The molecule has 1 saturated heterocycles. The van der Waals surface area contributed by atoms with Crippen LogP contribution in [-0.4, -0.2) is 79.4 Å². The van der Waals surface area contributed by atoms with Gasteiger partial charge in [0.2, 0.25) is 11.8 Å². The molecular weight excluding hydrogens is 232 g/mol. The van der Waals surface area contributed by atoms with Gasteiger partial charge in [-0.1, -0.05) is 6.92 Å². The van der Waals surface area contributed by atoms with E-state index in [1.165, 1.54) is 0 Å². The third kappa shape index (κ3) is 3.96. The fourth-order valence-electron chi connectivity index (χ4n) is 1.96. The Kier molecular flexibility index (Phi) is 5.55. The van der Waals surface area contributed by atoms with E-state index in [4.69, 9.17) is 5.73 Å². The van der Waals surface area contributed by atoms with E-state index in [9.17, 15) is 9.59 Å². The van der Waals surface area contributed by atoms with Crippen molar-refractivity contribution in [1.29, 1.82) is 0 Å². The Balaban J connectivity index is 2.41. The molecule has 0 spiro atoms. The number of hydrogen-bond acceptors (Lipinski definition) is 4. The molecule has 0 saturated carbocycles. The van der Waals surface area contributed by atoms with Gasteiger partial charge in [-0.25, -0.2) is 0 Å². The summed E-state index contributed by atoms with van der Waals surface area (Å²) in [5.41, 5.74) is 5.73. The van der Waals surface area contributed by atoms with Gasteiger partial charge in [0.25, 0.3) is 0 Å². The first-order valence-corrected chi connectivity index (χ1v) is 6.42. The van der Waals surface area contributed by atoms with E-state index in [0.717, 1.165) is 0 Å². The molecule has 0 bridgehead atoms. The lowest BCUT2D eigenvalue weighted by Gasteiger charge is -2.36. The van der Waals surface area contributed by atoms with Crippen LogP contribution in [0.3, 0.4) is 0 Å². The van der Waals surface area contributed by atoms with Crippen LogP contribution in [0.25, 0.3) is 0 Å². The summed E-state index contributed by atoms with van der Waals surface area (Å²) in [7, 11) is 3.75. The predicted octanol–water partition coefficient (Wildman–Crippen LogP) is -1.04. The van der Waals surface area contributed by atoms with Crippen LogP contribution in [0.4, 0.5) is 0 Å². The predicted molar refractivity (Wildman–Crippen MR) is 70.0 cm³/mol. The molecule has 0 aromatic rings. The monoisotopic (exact) mass is 256 g/mol. The van der Waals surface area contributed by atoms with Crippen molar-refractivity contribution in [3.63, 3.8) is 0 Å². The molecule has 104 valence electrons. The summed E-state index contributed by atoms with van der Waals surface area (Å²) in [6.07, 6.45) is 0.651. The van der Waals surface area contributed by atoms with Crippen molar-refractivity contribution < 1.29 is 9.59 Å². The van der Waals surface area contributed by atoms with E-state index in [1.807, 2.05) is 25.9 Å². The second kappa shape index (κ2) is 6.70. The minimum Gasteiger partial charge on any atom is -0.338 e. The number of piperazine rings is 1. The van der Waals surface area contributed by atoms with Crippen LogP contribution >= 0.6 is 0 Å². The Morgan fingerprint density at radius 3 is 2.11 bits per heavy atom. The van der Waals surface area contributed by atoms with Gasteiger partial charge in [0.1, 0.15) is 0 Å². The topological polar surface area (TPSA) is 69.9 Å². The average Bonchev–Trinajstić information content (AvgIpc) is 2.36. The maximum absolute atomic E-state index is 11.9. The Bertz CT molecular complexity index is 298. The number of rotatable bonds is 4. The van der Waals surface area contributed by atoms with Crippen molar-refractivity contribution in [2.45, 2.75) is 19.4 Å². The highest BCUT2D eigenvalue weighted by atomic mass is 16.2. The lowest BCUT2D eigenvalue weighted by Crippen LogP contribution is -2.55. The Labute approximate surface area is 109 Å². The summed E-state index contributed by atoms with van der Waals surface area (Å²) in [5.74, 6) is 0.115. The molecule has 1 fully saturated rings. The quantitative estimate of drug-likeness (QED) is 0.697. The summed E-state index contributed by atoms with van der Waals surface area (Å²) in [4.78, 5) is 29.1. The zero-order chi connectivity index (χ0) is 13.7. The molecule has 6 heteroatoms. The molecule has 18 heavy (non-hydrogen) atoms. The van der Waals surface area contributed by atoms with Crippen molar-refractivity contribution in [1.82, 2.24) is 14.7 Å². The third-order valence-electron chi connectivity index (χ3n) is 3.15. The van der Waals surface area contributed by atoms with Crippen LogP contribution in [-0.2, 0) is 9.59 Å². The highest BCUT2D eigenvalue weighted by Crippen LogP contribution is 2.05. The summed E-state index contributed by atoms with van der Waals surface area (Å²) < 4.78 is 0. The van der Waals surface area contributed by atoms with Crippen molar-refractivity contribution >= 4 is 11.8 Å². The standard InChI is InChI=1S/C12H24N4O2/c1-4-10(13)12(18)16-7-5-15(6-8-16)11(17)9-14(2)3/h10H,4-9,13H2,1-3H3/t10-/m0/s1. The van der Waals surface area contributed by atoms with E-state index in [2.05, 4.69) is 0 Å². The highest BCUT2D eigenvalue weighted by molar-refractivity contribution is 5.82. The molecular formula is C12H24N4O2. The van der Waals surface area contributed by atoms with Crippen LogP contribution in [0, 0.1) is 0 Å². The molecule has 6 nitrogen and oxygen atoms in total. The molecule has 2 N–H and O–H groups in total. The first kappa shape index (κ1) is 14.9. The maximum Gasteiger partial charge on any atom is 0.239 e. The van der Waals surface area contributed by atoms with Crippen molar-refractivity contribution in [3.8, 4) is 0 Å². The van der Waals surface area contributed by atoms with E-state index < -0.39 is 6.04 Å². The van der Waals surface area contributed by atoms with Crippen LogP contribution in [0.2, 0.25) is 0 Å². The molecule has 0 unspecified atom stereocenters. The molecule has 1 aliphatic heterocycles. The largest absolute Gasteiger partial charge is 0.338 e. The number of carbonyl (C=O) groups excluding carboxylic acids is 2. The van der Waals surface area contributed by atoms with Gasteiger partial charge in [-0.3, -0.25) is 9.59 Å². The van der Waals surface area contributed by atoms with Gasteiger partial charge in [0.15, 0.2) is 0 Å². The molecule has 1 aliphatic rings. The maximum atomic E-state index is 11.9. The number of hydrogen-bond donors (Lipinski definition) is 1. The molecule has 0 aromatic carbocycles. The number of amides is 2. The third-order valence-corrected chi connectivity index (χ3v) is 3.15. The van der Waals surface area contributed by atoms with E-state index >= 15 is 0 Å². The van der Waals surface area contributed by atoms with Crippen molar-refractivity contribution in [3.05, 3.63) is 0 Å². The molecule has 2 amide bonds. The fraction of sp³-hybridized carbons (Fsp3) is 0.833. The van der Waals surface area contributed by atoms with Gasteiger partial charge in [-0.2, -0.15) is 0 Å². The van der Waals surface area contributed by atoms with E-state index in [1.54, 1.807) is 9.80 Å². The molecule has 0 aliphatic carbocycles. The molecule has 0 radical (unpaired) electrons. The van der Waals surface area contributed by atoms with E-state index in [0.29, 0.717) is 39.1 Å². The first-order chi connectivity index (χ1) is 8.45. The Hall–Kier alpha value is -1.14. The smallest absolute Gasteiger partial charge is 0.239 e. The summed E-state index contributed by atoms with van der Waals surface area (Å²) in [6, 6.07) is -0.408. The lowest BCUT2D eigenvalue weighted by molar-refractivity contribution is -0.140. The normalized spacial score (nSPS) is 18.1. The fourth-order valence-corrected chi connectivity index (χ4v) is 1.96. The minimum atomic E-state index is -0.408. The number of carbonyl (C=O) groups is 2. The molecule has 1 rings (SSSR count). The Morgan fingerprint density at radius 1 is 1.17 bits per heavy atom. The molecule has 1 atom stereocenters. The zero-order valence-corrected chi connectivity index (χ0v) is 11.6. The van der Waals surface area contributed by atoms with Crippen LogP contribution < -0.4 is 5.73 Å². The average molecular weight is 256 g/mol. The van der Waals surface area contributed by atoms with Gasteiger partial charge in [0.05, 0.1) is 12.6 Å². The summed E-state index contributed by atoms with van der Waals surface area (Å²) >= 11 is 0. The summed E-state index contributed by atoms with van der Waals surface area (Å²) in [5, 5.41) is 0. The van der Waals surface area contributed by atoms with Crippen molar-refractivity contribution in [2.24, 2.45) is 5.73 Å². The SMILES string of the molecule is CC[C@H](N)C(=O)N1CCN(C(=O)CN(C)C)CC1. The number of nitrogens with two attached hydrogens (primary N) is 1. The number of likely N-dealkylation sites (N-methyl/N-ethyl adjacent to an activating group) is 1. The van der Waals surface area contributed by atoms with E-state index in [-0.39, 0.29) is 11.8 Å². The first-order valence-electron chi connectivity index (χ1n) is 6.42. The minimum absolute atomic E-state index is 0.00258. The lowest BCUT2D eigenvalue weighted by atomic mass is 10.2. The Morgan fingerprint density at radius 2 is 1.67 bits per heavy atom. The molecule has 1 heterocycles. The van der Waals surface area contributed by atoms with Gasteiger partial charge in [-0.15, -0.1) is 0 Å². The summed E-state index contributed by atoms with van der Waals surface area (Å²) in [6.45, 7) is 4.71. The van der Waals surface area contributed by atoms with Gasteiger partial charge < -0.3 is 20.4 Å². The number of nitrogens with zero attached hydrogens (tertiary/aromatic N) is 3. The highest BCUT2D eigenvalue weighted by Gasteiger charge is 2.26. The van der Waals surface area contributed by atoms with Crippen molar-refractivity contribution in [2.75, 3.05) is 46.8 Å². The van der Waals surface area contributed by atoms with Crippen LogP contribution in [0.1, 0.15) is 13.3 Å². The zero-order valence-electron chi connectivity index (χ0n) is 11.6. The second-order valence-electron chi connectivity index (χ2n) is 4.96. The molecule has 0 aromatic heterocycles. The van der Waals surface area contributed by atoms with Crippen LogP contribution in [0.15, 0.2) is 0 Å². The van der Waals surface area contributed by atoms with Gasteiger partial charge >= 0.3 is 0 Å². The van der Waals surface area contributed by atoms with Gasteiger partial charge in [-0.05, 0) is 20.5 Å². The van der Waals surface area contributed by atoms with Crippen LogP contribution in [0.5, 0.6) is 0 Å². The second-order valence-corrected chi connectivity index (χ2v) is 4.96.